The molecule has 0 saturated heterocycles. The van der Waals surface area contributed by atoms with Crippen molar-refractivity contribution in [3.05, 3.63) is 59.9 Å². The number of aromatic nitrogens is 3. The van der Waals surface area contributed by atoms with Gasteiger partial charge in [0.2, 0.25) is 11.7 Å². The van der Waals surface area contributed by atoms with E-state index in [0.29, 0.717) is 18.1 Å². The lowest BCUT2D eigenvalue weighted by atomic mass is 9.85. The van der Waals surface area contributed by atoms with Gasteiger partial charge in [0.1, 0.15) is 5.83 Å². The minimum Gasteiger partial charge on any atom is -0.361 e. The average molecular weight is 323 g/mol. The van der Waals surface area contributed by atoms with Gasteiger partial charge in [-0.1, -0.05) is 11.2 Å². The third-order valence-corrected chi connectivity index (χ3v) is 4.67. The van der Waals surface area contributed by atoms with Crippen LogP contribution in [0.3, 0.4) is 0 Å². The van der Waals surface area contributed by atoms with E-state index in [0.717, 1.165) is 28.5 Å². The van der Waals surface area contributed by atoms with Crippen molar-refractivity contribution in [2.45, 2.75) is 32.1 Å². The summed E-state index contributed by atoms with van der Waals surface area (Å²) in [5, 5.41) is 5.27. The summed E-state index contributed by atoms with van der Waals surface area (Å²) in [5.74, 6) is 0.871. The van der Waals surface area contributed by atoms with Crippen LogP contribution in [0.1, 0.15) is 31.2 Å². The molecule has 5 heteroatoms. The summed E-state index contributed by atoms with van der Waals surface area (Å²) in [6.07, 6.45) is 8.16. The summed E-state index contributed by atoms with van der Waals surface area (Å²) in [6.45, 7) is 4.02. The fourth-order valence-corrected chi connectivity index (χ4v) is 3.12. The molecule has 2 aromatic heterocycles. The van der Waals surface area contributed by atoms with Crippen molar-refractivity contribution in [2.75, 3.05) is 0 Å². The summed E-state index contributed by atoms with van der Waals surface area (Å²) >= 11 is 0. The number of nitrogens with zero attached hydrogens (tertiary/aromatic N) is 2. The predicted molar refractivity (Wildman–Crippen MR) is 91.2 cm³/mol. The van der Waals surface area contributed by atoms with E-state index in [1.165, 1.54) is 6.08 Å². The molecule has 122 valence electrons. The van der Waals surface area contributed by atoms with Gasteiger partial charge in [-0.05, 0) is 62.6 Å². The number of benzene rings is 1. The third kappa shape index (κ3) is 2.46. The van der Waals surface area contributed by atoms with Gasteiger partial charge in [-0.2, -0.15) is 4.98 Å². The number of fused-ring (bicyclic) bond motifs is 1. The Morgan fingerprint density at radius 2 is 2.21 bits per heavy atom. The fraction of sp³-hybridized carbons (Fsp3) is 0.263. The van der Waals surface area contributed by atoms with Gasteiger partial charge in [0.15, 0.2) is 0 Å². The molecule has 1 aliphatic rings. The molecule has 0 amide bonds. The number of aryl methyl sites for hydroxylation is 1. The summed E-state index contributed by atoms with van der Waals surface area (Å²) in [7, 11) is 0. The molecule has 4 rings (SSSR count). The van der Waals surface area contributed by atoms with Crippen molar-refractivity contribution < 1.29 is 8.91 Å². The standard InChI is InChI=1S/C19H18FN3O/c1-12-10-16-13(6-9-21-16)11-15(12)17-22-18(24-23-17)19(2)7-3-4-14(20)5-8-19/h4-6,8-11,21H,3,7H2,1-2H3/t19-/m1/s1. The normalized spacial score (nSPS) is 21.0. The topological polar surface area (TPSA) is 54.7 Å². The molecule has 0 bridgehead atoms. The maximum atomic E-state index is 13.4. The molecule has 4 nitrogen and oxygen atoms in total. The van der Waals surface area contributed by atoms with Gasteiger partial charge in [-0.15, -0.1) is 0 Å². The first-order chi connectivity index (χ1) is 11.5. The first kappa shape index (κ1) is 14.9. The lowest BCUT2D eigenvalue weighted by Gasteiger charge is -2.19. The largest absolute Gasteiger partial charge is 0.361 e. The van der Waals surface area contributed by atoms with E-state index in [9.17, 15) is 4.39 Å². The van der Waals surface area contributed by atoms with Crippen molar-refractivity contribution in [1.29, 1.82) is 0 Å². The van der Waals surface area contributed by atoms with Crippen molar-refractivity contribution in [3.63, 3.8) is 0 Å². The summed E-state index contributed by atoms with van der Waals surface area (Å²) in [6, 6.07) is 6.15. The predicted octanol–water partition coefficient (Wildman–Crippen LogP) is 4.99. The first-order valence-electron chi connectivity index (χ1n) is 8.02. The molecule has 0 radical (unpaired) electrons. The van der Waals surface area contributed by atoms with E-state index in [4.69, 9.17) is 4.52 Å². The highest BCUT2D eigenvalue weighted by atomic mass is 19.1. The van der Waals surface area contributed by atoms with Crippen molar-refractivity contribution in [2.24, 2.45) is 0 Å². The zero-order chi connectivity index (χ0) is 16.7. The number of hydrogen-bond donors (Lipinski definition) is 1. The molecular weight excluding hydrogens is 305 g/mol. The second-order valence-corrected chi connectivity index (χ2v) is 6.53. The Kier molecular flexibility index (Phi) is 3.37. The first-order valence-corrected chi connectivity index (χ1v) is 8.02. The van der Waals surface area contributed by atoms with Crippen LogP contribution in [0.15, 0.2) is 53.0 Å². The molecule has 0 fully saturated rings. The summed E-state index contributed by atoms with van der Waals surface area (Å²) in [5.41, 5.74) is 2.65. The summed E-state index contributed by atoms with van der Waals surface area (Å²) < 4.78 is 19.0. The maximum Gasteiger partial charge on any atom is 0.236 e. The lowest BCUT2D eigenvalue weighted by molar-refractivity contribution is 0.318. The van der Waals surface area contributed by atoms with Crippen LogP contribution in [0, 0.1) is 6.92 Å². The minimum absolute atomic E-state index is 0.216. The quantitative estimate of drug-likeness (QED) is 0.723. The Balaban J connectivity index is 1.74. The van der Waals surface area contributed by atoms with Crippen LogP contribution < -0.4 is 0 Å². The third-order valence-electron chi connectivity index (χ3n) is 4.67. The number of aromatic amines is 1. The van der Waals surface area contributed by atoms with Gasteiger partial charge in [-0.25, -0.2) is 4.39 Å². The van der Waals surface area contributed by atoms with Crippen LogP contribution in [0.4, 0.5) is 4.39 Å². The van der Waals surface area contributed by atoms with Crippen LogP contribution in [0.25, 0.3) is 22.3 Å². The lowest BCUT2D eigenvalue weighted by Crippen LogP contribution is -2.18. The molecule has 1 N–H and O–H groups in total. The zero-order valence-corrected chi connectivity index (χ0v) is 13.6. The highest BCUT2D eigenvalue weighted by Gasteiger charge is 2.31. The van der Waals surface area contributed by atoms with Crippen molar-refractivity contribution in [1.82, 2.24) is 15.1 Å². The SMILES string of the molecule is Cc1cc2[nH]ccc2cc1-c1noc([C@@]2(C)C=CC(F)=CCC2)n1. The Labute approximate surface area is 139 Å². The molecule has 1 aliphatic carbocycles. The van der Waals surface area contributed by atoms with Gasteiger partial charge in [0, 0.05) is 22.7 Å². The molecule has 1 aromatic carbocycles. The molecule has 24 heavy (non-hydrogen) atoms. The van der Waals surface area contributed by atoms with Crippen molar-refractivity contribution in [3.8, 4) is 11.4 Å². The molecule has 0 unspecified atom stereocenters. The Morgan fingerprint density at radius 1 is 1.33 bits per heavy atom. The van der Waals surface area contributed by atoms with Crippen LogP contribution >= 0.6 is 0 Å². The number of hydrogen-bond acceptors (Lipinski definition) is 3. The van der Waals surface area contributed by atoms with E-state index in [1.54, 1.807) is 6.08 Å². The molecule has 3 aromatic rings. The number of allylic oxidation sites excluding steroid dienone is 4. The van der Waals surface area contributed by atoms with Crippen LogP contribution in [0.5, 0.6) is 0 Å². The number of nitrogens with one attached hydrogen (secondary N) is 1. The highest BCUT2D eigenvalue weighted by molar-refractivity contribution is 5.85. The highest BCUT2D eigenvalue weighted by Crippen LogP contribution is 2.34. The fourth-order valence-electron chi connectivity index (χ4n) is 3.12. The molecule has 0 aliphatic heterocycles. The van der Waals surface area contributed by atoms with E-state index in [-0.39, 0.29) is 5.83 Å². The van der Waals surface area contributed by atoms with Crippen molar-refractivity contribution >= 4 is 10.9 Å². The van der Waals surface area contributed by atoms with E-state index in [1.807, 2.05) is 32.2 Å². The number of rotatable bonds is 2. The molecular formula is C19H18FN3O. The van der Waals surface area contributed by atoms with Gasteiger partial charge < -0.3 is 9.51 Å². The molecule has 0 saturated carbocycles. The Hall–Kier alpha value is -2.69. The number of H-pyrrole nitrogens is 1. The second-order valence-electron chi connectivity index (χ2n) is 6.53. The maximum absolute atomic E-state index is 13.4. The Morgan fingerprint density at radius 3 is 3.08 bits per heavy atom. The van der Waals surface area contributed by atoms with Crippen LogP contribution in [-0.2, 0) is 5.41 Å². The van der Waals surface area contributed by atoms with E-state index >= 15 is 0 Å². The molecule has 2 heterocycles. The van der Waals surface area contributed by atoms with Crippen LogP contribution in [-0.4, -0.2) is 15.1 Å². The molecule has 1 atom stereocenters. The average Bonchev–Trinajstić information content (AvgIpc) is 3.17. The molecule has 0 spiro atoms. The van der Waals surface area contributed by atoms with Gasteiger partial charge in [-0.3, -0.25) is 0 Å². The monoisotopic (exact) mass is 323 g/mol. The van der Waals surface area contributed by atoms with Gasteiger partial charge in [0.25, 0.3) is 0 Å². The van der Waals surface area contributed by atoms with Gasteiger partial charge in [0.05, 0.1) is 5.41 Å². The van der Waals surface area contributed by atoms with Crippen LogP contribution in [0.2, 0.25) is 0 Å². The summed E-state index contributed by atoms with van der Waals surface area (Å²) in [4.78, 5) is 7.81. The zero-order valence-electron chi connectivity index (χ0n) is 13.6. The smallest absolute Gasteiger partial charge is 0.236 e. The second kappa shape index (κ2) is 5.44. The van der Waals surface area contributed by atoms with Gasteiger partial charge >= 0.3 is 0 Å². The Bertz CT molecular complexity index is 966. The number of halogens is 1. The minimum atomic E-state index is -0.457. The van der Waals surface area contributed by atoms with E-state index < -0.39 is 5.41 Å². The van der Waals surface area contributed by atoms with E-state index in [2.05, 4.69) is 27.3 Å².